The number of aliphatic hydroxyl groups is 1. The molecule has 130 valence electrons. The number of terminal acetylenes is 1. The van der Waals surface area contributed by atoms with Crippen molar-refractivity contribution in [3.63, 3.8) is 0 Å². The highest BCUT2D eigenvalue weighted by atomic mass is 16.3. The van der Waals surface area contributed by atoms with E-state index in [4.69, 9.17) is 6.42 Å². The van der Waals surface area contributed by atoms with Gasteiger partial charge in [0, 0.05) is 0 Å². The van der Waals surface area contributed by atoms with Crippen LogP contribution in [0.2, 0.25) is 0 Å². The van der Waals surface area contributed by atoms with Crippen molar-refractivity contribution in [3.8, 4) is 12.3 Å². The molecule has 1 nitrogen and oxygen atoms in total. The molecule has 0 radical (unpaired) electrons. The molecule has 0 spiro atoms. The Kier molecular flexibility index (Phi) is 12.7. The summed E-state index contributed by atoms with van der Waals surface area (Å²) in [4.78, 5) is 0. The average molecular weight is 309 g/mol. The predicted octanol–water partition coefficient (Wildman–Crippen LogP) is 6.34. The highest BCUT2D eigenvalue weighted by Crippen LogP contribution is 2.26. The van der Waals surface area contributed by atoms with Crippen LogP contribution in [-0.4, -0.2) is 10.7 Å². The van der Waals surface area contributed by atoms with Crippen LogP contribution >= 0.6 is 0 Å². The molecule has 0 aromatic heterocycles. The Morgan fingerprint density at radius 2 is 1.50 bits per heavy atom. The second-order valence-corrected chi connectivity index (χ2v) is 7.30. The molecule has 0 fully saturated rings. The fourth-order valence-electron chi connectivity index (χ4n) is 3.60. The molecule has 1 heteroatoms. The van der Waals surface area contributed by atoms with Crippen molar-refractivity contribution in [1.29, 1.82) is 0 Å². The minimum absolute atomic E-state index is 0.733. The van der Waals surface area contributed by atoms with Gasteiger partial charge in [0.1, 0.15) is 5.60 Å². The SMILES string of the molecule is C#CC(O)(CCC)CCCC(CCC)CCCC(C)CCC. The third-order valence-electron chi connectivity index (χ3n) is 4.92. The van der Waals surface area contributed by atoms with Crippen LogP contribution in [0.4, 0.5) is 0 Å². The maximum atomic E-state index is 10.3. The first-order valence-electron chi connectivity index (χ1n) is 9.71. The summed E-state index contributed by atoms with van der Waals surface area (Å²) in [5, 5.41) is 10.3. The van der Waals surface area contributed by atoms with E-state index in [1.54, 1.807) is 0 Å². The molecular weight excluding hydrogens is 268 g/mol. The van der Waals surface area contributed by atoms with Gasteiger partial charge in [0.2, 0.25) is 0 Å². The topological polar surface area (TPSA) is 20.2 Å². The summed E-state index contributed by atoms with van der Waals surface area (Å²) in [6.07, 6.45) is 19.6. The third kappa shape index (κ3) is 10.3. The maximum absolute atomic E-state index is 10.3. The smallest absolute Gasteiger partial charge is 0.125 e. The van der Waals surface area contributed by atoms with Gasteiger partial charge in [-0.3, -0.25) is 0 Å². The fraction of sp³-hybridized carbons (Fsp3) is 0.905. The van der Waals surface area contributed by atoms with Crippen LogP contribution in [-0.2, 0) is 0 Å². The summed E-state index contributed by atoms with van der Waals surface area (Å²) >= 11 is 0. The third-order valence-corrected chi connectivity index (χ3v) is 4.92. The van der Waals surface area contributed by atoms with Crippen molar-refractivity contribution < 1.29 is 5.11 Å². The van der Waals surface area contributed by atoms with Gasteiger partial charge in [-0.1, -0.05) is 91.4 Å². The second-order valence-electron chi connectivity index (χ2n) is 7.30. The van der Waals surface area contributed by atoms with Gasteiger partial charge < -0.3 is 5.11 Å². The molecule has 1 N–H and O–H groups in total. The van der Waals surface area contributed by atoms with Gasteiger partial charge in [0.05, 0.1) is 0 Å². The molecule has 0 saturated heterocycles. The van der Waals surface area contributed by atoms with Crippen molar-refractivity contribution in [2.45, 2.75) is 110 Å². The largest absolute Gasteiger partial charge is 0.378 e. The van der Waals surface area contributed by atoms with Gasteiger partial charge in [-0.15, -0.1) is 6.42 Å². The number of hydrogen-bond acceptors (Lipinski definition) is 1. The van der Waals surface area contributed by atoms with E-state index in [2.05, 4.69) is 33.6 Å². The quantitative estimate of drug-likeness (QED) is 0.371. The minimum atomic E-state index is -0.860. The molecule has 0 aliphatic rings. The van der Waals surface area contributed by atoms with Crippen LogP contribution in [0.15, 0.2) is 0 Å². The molecule has 0 aromatic rings. The lowest BCUT2D eigenvalue weighted by Crippen LogP contribution is -2.26. The van der Waals surface area contributed by atoms with Crippen LogP contribution < -0.4 is 0 Å². The molecule has 0 heterocycles. The lowest BCUT2D eigenvalue weighted by Gasteiger charge is -2.23. The zero-order valence-electron chi connectivity index (χ0n) is 15.7. The number of rotatable bonds is 14. The summed E-state index contributed by atoms with van der Waals surface area (Å²) in [7, 11) is 0. The van der Waals surface area contributed by atoms with Gasteiger partial charge in [0.15, 0.2) is 0 Å². The summed E-state index contributed by atoms with van der Waals surface area (Å²) < 4.78 is 0. The Morgan fingerprint density at radius 1 is 0.864 bits per heavy atom. The summed E-state index contributed by atoms with van der Waals surface area (Å²) in [6.45, 7) is 9.02. The van der Waals surface area contributed by atoms with Crippen molar-refractivity contribution in [2.24, 2.45) is 11.8 Å². The van der Waals surface area contributed by atoms with Gasteiger partial charge in [-0.05, 0) is 31.1 Å². The van der Waals surface area contributed by atoms with Crippen LogP contribution in [0.1, 0.15) is 105 Å². The highest BCUT2D eigenvalue weighted by molar-refractivity contribution is 5.06. The Labute approximate surface area is 140 Å². The van der Waals surface area contributed by atoms with Gasteiger partial charge in [-0.25, -0.2) is 0 Å². The molecule has 0 amide bonds. The molecule has 0 saturated carbocycles. The van der Waals surface area contributed by atoms with Crippen LogP contribution in [0.5, 0.6) is 0 Å². The molecule has 3 unspecified atom stereocenters. The normalized spacial score (nSPS) is 16.7. The van der Waals surface area contributed by atoms with Crippen LogP contribution in [0.25, 0.3) is 0 Å². The lowest BCUT2D eigenvalue weighted by molar-refractivity contribution is 0.0769. The Bertz CT molecular complexity index is 291. The standard InChI is InChI=1S/C21H40O/c1-6-12-19(5)14-10-15-20(13-7-2)16-11-18-21(22,9-4)17-8-3/h4,19-20,22H,6-8,10-18H2,1-3,5H3. The van der Waals surface area contributed by atoms with Gasteiger partial charge in [-0.2, -0.15) is 0 Å². The maximum Gasteiger partial charge on any atom is 0.125 e. The predicted molar refractivity (Wildman–Crippen MR) is 98.9 cm³/mol. The van der Waals surface area contributed by atoms with Crippen molar-refractivity contribution in [1.82, 2.24) is 0 Å². The fourth-order valence-corrected chi connectivity index (χ4v) is 3.60. The Balaban J connectivity index is 4.06. The van der Waals surface area contributed by atoms with E-state index in [1.165, 1.54) is 51.4 Å². The van der Waals surface area contributed by atoms with Crippen LogP contribution in [0, 0.1) is 24.2 Å². The molecular formula is C21H40O. The van der Waals surface area contributed by atoms with Gasteiger partial charge in [0.25, 0.3) is 0 Å². The van der Waals surface area contributed by atoms with Crippen molar-refractivity contribution in [2.75, 3.05) is 0 Å². The van der Waals surface area contributed by atoms with E-state index < -0.39 is 5.60 Å². The first-order chi connectivity index (χ1) is 10.5. The number of hydrogen-bond donors (Lipinski definition) is 1. The monoisotopic (exact) mass is 308 g/mol. The summed E-state index contributed by atoms with van der Waals surface area (Å²) in [5.74, 6) is 4.31. The lowest BCUT2D eigenvalue weighted by atomic mass is 9.86. The Hall–Kier alpha value is -0.480. The average Bonchev–Trinajstić information content (AvgIpc) is 2.48. The zero-order valence-corrected chi connectivity index (χ0v) is 15.7. The minimum Gasteiger partial charge on any atom is -0.378 e. The second kappa shape index (κ2) is 13.0. The molecule has 0 aliphatic carbocycles. The molecule has 0 aromatic carbocycles. The van der Waals surface area contributed by atoms with Crippen molar-refractivity contribution in [3.05, 3.63) is 0 Å². The Morgan fingerprint density at radius 3 is 2.05 bits per heavy atom. The summed E-state index contributed by atoms with van der Waals surface area (Å²) in [6, 6.07) is 0. The molecule has 0 bridgehead atoms. The zero-order chi connectivity index (χ0) is 16.8. The summed E-state index contributed by atoms with van der Waals surface area (Å²) in [5.41, 5.74) is -0.860. The molecule has 3 atom stereocenters. The first-order valence-corrected chi connectivity index (χ1v) is 9.71. The van der Waals surface area contributed by atoms with E-state index in [0.29, 0.717) is 0 Å². The van der Waals surface area contributed by atoms with E-state index in [9.17, 15) is 5.11 Å². The highest BCUT2D eigenvalue weighted by Gasteiger charge is 2.22. The van der Waals surface area contributed by atoms with E-state index >= 15 is 0 Å². The molecule has 0 rings (SSSR count). The van der Waals surface area contributed by atoms with Crippen molar-refractivity contribution >= 4 is 0 Å². The molecule has 22 heavy (non-hydrogen) atoms. The van der Waals surface area contributed by atoms with E-state index in [0.717, 1.165) is 37.5 Å². The van der Waals surface area contributed by atoms with E-state index in [1.807, 2.05) is 0 Å². The first kappa shape index (κ1) is 21.5. The van der Waals surface area contributed by atoms with Gasteiger partial charge >= 0.3 is 0 Å². The van der Waals surface area contributed by atoms with Crippen LogP contribution in [0.3, 0.4) is 0 Å². The molecule has 0 aliphatic heterocycles. The van der Waals surface area contributed by atoms with E-state index in [-0.39, 0.29) is 0 Å².